The zero-order valence-electron chi connectivity index (χ0n) is 16.3. The van der Waals surface area contributed by atoms with Crippen LogP contribution in [0, 0.1) is 5.92 Å². The van der Waals surface area contributed by atoms with E-state index in [4.69, 9.17) is 5.73 Å². The van der Waals surface area contributed by atoms with Crippen LogP contribution < -0.4 is 11.1 Å². The fraction of sp³-hybridized carbons (Fsp3) is 0.600. The molecule has 1 aromatic carbocycles. The Morgan fingerprint density at radius 2 is 2.15 bits per heavy atom. The number of nitrogens with two attached hydrogens (primary N) is 1. The highest BCUT2D eigenvalue weighted by Crippen LogP contribution is 2.19. The van der Waals surface area contributed by atoms with Gasteiger partial charge >= 0.3 is 0 Å². The minimum atomic E-state index is -0.212. The highest BCUT2D eigenvalue weighted by molar-refractivity contribution is 5.80. The molecule has 1 aliphatic rings. The molecule has 0 bridgehead atoms. The lowest BCUT2D eigenvalue weighted by molar-refractivity contribution is -0.119. The van der Waals surface area contributed by atoms with Crippen LogP contribution in [0.3, 0.4) is 0 Å². The molecule has 0 aliphatic carbocycles. The van der Waals surface area contributed by atoms with Gasteiger partial charge in [-0.05, 0) is 38.3 Å². The van der Waals surface area contributed by atoms with E-state index in [1.165, 1.54) is 5.56 Å². The molecule has 1 saturated heterocycles. The number of carbonyl (C=O) groups is 1. The maximum Gasteiger partial charge on any atom is 0.217 e. The third kappa shape index (κ3) is 6.33. The number of nitrogens with one attached hydrogen (secondary N) is 1. The van der Waals surface area contributed by atoms with Gasteiger partial charge in [-0.2, -0.15) is 0 Å². The van der Waals surface area contributed by atoms with Gasteiger partial charge in [0.05, 0.1) is 0 Å². The summed E-state index contributed by atoms with van der Waals surface area (Å²) in [6.45, 7) is 5.79. The zero-order valence-corrected chi connectivity index (χ0v) is 16.3. The van der Waals surface area contributed by atoms with Crippen molar-refractivity contribution in [3.8, 4) is 0 Å². The Morgan fingerprint density at radius 1 is 1.42 bits per heavy atom. The van der Waals surface area contributed by atoms with Crippen molar-refractivity contribution in [2.75, 3.05) is 33.7 Å². The molecule has 2 atom stereocenters. The lowest BCUT2D eigenvalue weighted by atomic mass is 9.95. The first-order valence-corrected chi connectivity index (χ1v) is 9.47. The summed E-state index contributed by atoms with van der Waals surface area (Å²) in [6.07, 6.45) is 2.60. The summed E-state index contributed by atoms with van der Waals surface area (Å²) in [5, 5.41) is 3.50. The van der Waals surface area contributed by atoms with E-state index < -0.39 is 0 Å². The molecule has 0 aromatic heterocycles. The van der Waals surface area contributed by atoms with Gasteiger partial charge in [-0.25, -0.2) is 0 Å². The third-order valence-corrected chi connectivity index (χ3v) is 5.10. The molecule has 26 heavy (non-hydrogen) atoms. The average molecular weight is 360 g/mol. The first-order valence-electron chi connectivity index (χ1n) is 9.47. The molecule has 144 valence electrons. The normalized spacial score (nSPS) is 19.5. The molecule has 1 fully saturated rings. The maximum absolute atomic E-state index is 11.2. The predicted molar refractivity (Wildman–Crippen MR) is 107 cm³/mol. The van der Waals surface area contributed by atoms with Gasteiger partial charge in [0.1, 0.15) is 0 Å². The number of amides is 1. The Balaban J connectivity index is 1.82. The van der Waals surface area contributed by atoms with Crippen molar-refractivity contribution in [1.82, 2.24) is 15.1 Å². The van der Waals surface area contributed by atoms with Crippen molar-refractivity contribution >= 4 is 11.9 Å². The van der Waals surface area contributed by atoms with Gasteiger partial charge in [-0.15, -0.1) is 0 Å². The summed E-state index contributed by atoms with van der Waals surface area (Å²) in [4.78, 5) is 20.2. The third-order valence-electron chi connectivity index (χ3n) is 5.10. The number of benzene rings is 1. The summed E-state index contributed by atoms with van der Waals surface area (Å²) >= 11 is 0. The van der Waals surface area contributed by atoms with Gasteiger partial charge < -0.3 is 16.0 Å². The average Bonchev–Trinajstić information content (AvgIpc) is 2.62. The van der Waals surface area contributed by atoms with Crippen molar-refractivity contribution in [3.63, 3.8) is 0 Å². The Morgan fingerprint density at radius 3 is 2.81 bits per heavy atom. The molecule has 6 heteroatoms. The number of hydrogen-bond donors (Lipinski definition) is 2. The second kappa shape index (κ2) is 10.2. The van der Waals surface area contributed by atoms with Gasteiger partial charge in [0, 0.05) is 45.7 Å². The molecule has 1 aromatic rings. The van der Waals surface area contributed by atoms with Gasteiger partial charge in [0.2, 0.25) is 5.91 Å². The topological polar surface area (TPSA) is 74.0 Å². The number of piperidine rings is 1. The Labute approximate surface area is 157 Å². The maximum atomic E-state index is 11.2. The molecule has 3 N–H and O–H groups in total. The van der Waals surface area contributed by atoms with E-state index in [1.807, 2.05) is 13.1 Å². The molecule has 2 rings (SSSR count). The van der Waals surface area contributed by atoms with Crippen LogP contribution in [0.5, 0.6) is 0 Å². The first-order chi connectivity index (χ1) is 12.5. The van der Waals surface area contributed by atoms with Crippen LogP contribution in [0.1, 0.15) is 31.7 Å². The highest BCUT2D eigenvalue weighted by Gasteiger charge is 2.23. The molecular weight excluding hydrogens is 326 g/mol. The number of likely N-dealkylation sites (tertiary alicyclic amines) is 1. The number of nitrogens with zero attached hydrogens (tertiary/aromatic N) is 3. The van der Waals surface area contributed by atoms with Gasteiger partial charge in [-0.1, -0.05) is 30.3 Å². The monoisotopic (exact) mass is 359 g/mol. The summed E-state index contributed by atoms with van der Waals surface area (Å²) in [7, 11) is 3.96. The summed E-state index contributed by atoms with van der Waals surface area (Å²) in [5.41, 5.74) is 6.68. The minimum Gasteiger partial charge on any atom is -0.370 e. The molecule has 1 aliphatic heterocycles. The van der Waals surface area contributed by atoms with E-state index in [-0.39, 0.29) is 5.91 Å². The van der Waals surface area contributed by atoms with Crippen LogP contribution in [-0.4, -0.2) is 61.4 Å². The molecule has 2 unspecified atom stereocenters. The molecular formula is C20H33N5O. The molecule has 1 heterocycles. The van der Waals surface area contributed by atoms with Crippen LogP contribution in [-0.2, 0) is 11.3 Å². The highest BCUT2D eigenvalue weighted by atomic mass is 16.1. The van der Waals surface area contributed by atoms with Crippen molar-refractivity contribution in [1.29, 1.82) is 0 Å². The van der Waals surface area contributed by atoms with Crippen LogP contribution in [0.15, 0.2) is 35.3 Å². The van der Waals surface area contributed by atoms with Crippen LogP contribution in [0.4, 0.5) is 0 Å². The van der Waals surface area contributed by atoms with Gasteiger partial charge in [-0.3, -0.25) is 14.7 Å². The summed E-state index contributed by atoms with van der Waals surface area (Å²) in [6, 6.07) is 10.9. The lowest BCUT2D eigenvalue weighted by Crippen LogP contribution is -2.50. The molecule has 0 spiro atoms. The fourth-order valence-corrected chi connectivity index (χ4v) is 3.46. The zero-order chi connectivity index (χ0) is 18.9. The van der Waals surface area contributed by atoms with Crippen molar-refractivity contribution in [2.45, 2.75) is 38.8 Å². The van der Waals surface area contributed by atoms with E-state index in [0.29, 0.717) is 18.4 Å². The number of aliphatic imine (C=N–C) groups is 1. The van der Waals surface area contributed by atoms with Crippen molar-refractivity contribution in [2.24, 2.45) is 16.6 Å². The smallest absolute Gasteiger partial charge is 0.217 e. The summed E-state index contributed by atoms with van der Waals surface area (Å²) < 4.78 is 0. The lowest BCUT2D eigenvalue weighted by Gasteiger charge is -2.35. The minimum absolute atomic E-state index is 0.212. The number of guanidine groups is 1. The number of hydrogen-bond acceptors (Lipinski definition) is 3. The second-order valence-corrected chi connectivity index (χ2v) is 7.30. The molecule has 6 nitrogen and oxygen atoms in total. The Bertz CT molecular complexity index is 589. The van der Waals surface area contributed by atoms with E-state index in [1.54, 1.807) is 0 Å². The largest absolute Gasteiger partial charge is 0.370 e. The van der Waals surface area contributed by atoms with E-state index >= 15 is 0 Å². The van der Waals surface area contributed by atoms with Crippen molar-refractivity contribution in [3.05, 3.63) is 35.9 Å². The van der Waals surface area contributed by atoms with Crippen LogP contribution in [0.2, 0.25) is 0 Å². The molecule has 0 saturated carbocycles. The van der Waals surface area contributed by atoms with Crippen LogP contribution in [0.25, 0.3) is 0 Å². The van der Waals surface area contributed by atoms with E-state index in [9.17, 15) is 4.79 Å². The van der Waals surface area contributed by atoms with Crippen LogP contribution >= 0.6 is 0 Å². The SMILES string of the molecule is CN=C(NCC(C)N(C)Cc1ccccc1)N1CCCC(CC(N)=O)C1. The summed E-state index contributed by atoms with van der Waals surface area (Å²) in [5.74, 6) is 1.04. The number of rotatable bonds is 7. The Kier molecular flexibility index (Phi) is 7.91. The number of primary amides is 1. The number of likely N-dealkylation sites (N-methyl/N-ethyl adjacent to an activating group) is 1. The molecule has 1 amide bonds. The molecule has 0 radical (unpaired) electrons. The fourth-order valence-electron chi connectivity index (χ4n) is 3.46. The predicted octanol–water partition coefficient (Wildman–Crippen LogP) is 1.67. The second-order valence-electron chi connectivity index (χ2n) is 7.30. The van der Waals surface area contributed by atoms with Crippen molar-refractivity contribution < 1.29 is 4.79 Å². The quantitative estimate of drug-likeness (QED) is 0.574. The van der Waals surface area contributed by atoms with E-state index in [0.717, 1.165) is 45.0 Å². The van der Waals surface area contributed by atoms with Gasteiger partial charge in [0.25, 0.3) is 0 Å². The standard InChI is InChI=1S/C20H33N5O/c1-16(24(3)14-17-8-5-4-6-9-17)13-23-20(22-2)25-11-7-10-18(15-25)12-19(21)26/h4-6,8-9,16,18H,7,10-15H2,1-3H3,(H2,21,26)(H,22,23). The Hall–Kier alpha value is -2.08. The van der Waals surface area contributed by atoms with E-state index in [2.05, 4.69) is 58.3 Å². The number of carbonyl (C=O) groups excluding carboxylic acids is 1. The first kappa shape index (κ1) is 20.2. The van der Waals surface area contributed by atoms with Gasteiger partial charge in [0.15, 0.2) is 5.96 Å².